The van der Waals surface area contributed by atoms with Crippen molar-refractivity contribution in [2.45, 2.75) is 26.7 Å². The van der Waals surface area contributed by atoms with Gasteiger partial charge in [-0.15, -0.1) is 0 Å². The van der Waals surface area contributed by atoms with Crippen molar-refractivity contribution in [2.24, 2.45) is 5.41 Å². The van der Waals surface area contributed by atoms with Gasteiger partial charge >= 0.3 is 0 Å². The van der Waals surface area contributed by atoms with Crippen LogP contribution in [0.3, 0.4) is 0 Å². The molecule has 0 radical (unpaired) electrons. The number of aliphatic hydroxyl groups excluding tert-OH is 1. The second-order valence-corrected chi connectivity index (χ2v) is 6.03. The Morgan fingerprint density at radius 2 is 1.86 bits per heavy atom. The average Bonchev–Trinajstić information content (AvgIpc) is 2.44. The number of hydrogen-bond acceptors (Lipinski definition) is 3. The van der Waals surface area contributed by atoms with Gasteiger partial charge in [-0.1, -0.05) is 25.7 Å². The van der Waals surface area contributed by atoms with Gasteiger partial charge in [0.1, 0.15) is 5.75 Å². The summed E-state index contributed by atoms with van der Waals surface area (Å²) < 4.78 is 5.10. The van der Waals surface area contributed by atoms with Gasteiger partial charge in [-0.05, 0) is 36.1 Å². The minimum Gasteiger partial charge on any atom is -0.497 e. The highest BCUT2D eigenvalue weighted by atomic mass is 16.5. The number of ether oxygens (including phenoxy) is 1. The van der Waals surface area contributed by atoms with E-state index in [1.807, 2.05) is 38.1 Å². The number of allylic oxidation sites excluding steroid dienone is 1. The molecule has 1 aliphatic carbocycles. The summed E-state index contributed by atoms with van der Waals surface area (Å²) in [5.41, 5.74) is 1.99. The molecule has 0 spiro atoms. The molecule has 1 aromatic rings. The molecule has 0 fully saturated rings. The molecule has 0 heterocycles. The van der Waals surface area contributed by atoms with E-state index in [-0.39, 0.29) is 17.8 Å². The maximum absolute atomic E-state index is 12.0. The zero-order valence-corrected chi connectivity index (χ0v) is 12.7. The fourth-order valence-electron chi connectivity index (χ4n) is 2.48. The average molecular weight is 284 g/mol. The van der Waals surface area contributed by atoms with Crippen LogP contribution in [0.5, 0.6) is 5.75 Å². The van der Waals surface area contributed by atoms with Crippen LogP contribution in [0.2, 0.25) is 0 Å². The largest absolute Gasteiger partial charge is 0.497 e. The summed E-state index contributed by atoms with van der Waals surface area (Å²) in [4.78, 5) is 12.0. The number of benzene rings is 1. The van der Waals surface area contributed by atoms with Gasteiger partial charge in [-0.3, -0.25) is 4.79 Å². The zero-order chi connectivity index (χ0) is 15.5. The zero-order valence-electron chi connectivity index (χ0n) is 12.7. The predicted molar refractivity (Wildman–Crippen MR) is 82.0 cm³/mol. The Balaban J connectivity index is 2.31. The Morgan fingerprint density at radius 3 is 2.43 bits per heavy atom. The molecule has 1 aliphatic rings. The van der Waals surface area contributed by atoms with Crippen molar-refractivity contribution < 1.29 is 14.6 Å². The van der Waals surface area contributed by atoms with Gasteiger partial charge in [-0.2, -0.15) is 0 Å². The van der Waals surface area contributed by atoms with Gasteiger partial charge < -0.3 is 9.84 Å². The van der Waals surface area contributed by atoms with Crippen LogP contribution >= 0.6 is 0 Å². The van der Waals surface area contributed by atoms with Crippen LogP contribution in [0.15, 0.2) is 35.4 Å². The Bertz CT molecular complexity index is 625. The molecule has 2 rings (SSSR count). The van der Waals surface area contributed by atoms with E-state index in [2.05, 4.69) is 11.8 Å². The van der Waals surface area contributed by atoms with E-state index in [0.717, 1.165) is 23.3 Å². The normalized spacial score (nSPS) is 17.2. The molecule has 21 heavy (non-hydrogen) atoms. The van der Waals surface area contributed by atoms with E-state index in [4.69, 9.17) is 4.74 Å². The van der Waals surface area contributed by atoms with Crippen LogP contribution in [-0.2, 0) is 4.79 Å². The standard InChI is InChI=1S/C18H20O3/c1-18(2)10-14(16(12-19)17(20)11-18)7-4-13-5-8-15(21-3)9-6-13/h5-6,8-9,19H,10-12H2,1-3H3. The van der Waals surface area contributed by atoms with Crippen molar-refractivity contribution in [3.8, 4) is 17.6 Å². The summed E-state index contributed by atoms with van der Waals surface area (Å²) >= 11 is 0. The molecular weight excluding hydrogens is 264 g/mol. The summed E-state index contributed by atoms with van der Waals surface area (Å²) in [6.45, 7) is 3.86. The van der Waals surface area contributed by atoms with Gasteiger partial charge in [0.05, 0.1) is 13.7 Å². The first-order chi connectivity index (χ1) is 9.95. The van der Waals surface area contributed by atoms with Gasteiger partial charge in [0, 0.05) is 23.1 Å². The number of ketones is 1. The molecule has 1 aromatic carbocycles. The second-order valence-electron chi connectivity index (χ2n) is 6.03. The lowest BCUT2D eigenvalue weighted by Crippen LogP contribution is -2.26. The molecular formula is C18H20O3. The molecule has 0 bridgehead atoms. The fourth-order valence-corrected chi connectivity index (χ4v) is 2.48. The molecule has 0 aliphatic heterocycles. The molecule has 3 heteroatoms. The molecule has 0 amide bonds. The van der Waals surface area contributed by atoms with Crippen LogP contribution < -0.4 is 4.74 Å². The first kappa shape index (κ1) is 15.3. The summed E-state index contributed by atoms with van der Waals surface area (Å²) in [7, 11) is 1.62. The number of rotatable bonds is 2. The molecule has 110 valence electrons. The minimum absolute atomic E-state index is 0.00720. The van der Waals surface area contributed by atoms with Gasteiger partial charge in [-0.25, -0.2) is 0 Å². The molecule has 0 atom stereocenters. The number of Topliss-reactive ketones (excluding diaryl/α,β-unsaturated/α-hetero) is 1. The van der Waals surface area contributed by atoms with Crippen LogP contribution in [0.1, 0.15) is 32.3 Å². The monoisotopic (exact) mass is 284 g/mol. The fraction of sp³-hybridized carbons (Fsp3) is 0.389. The van der Waals surface area contributed by atoms with Crippen molar-refractivity contribution in [1.29, 1.82) is 0 Å². The van der Waals surface area contributed by atoms with Crippen molar-refractivity contribution >= 4 is 5.78 Å². The predicted octanol–water partition coefficient (Wildman–Crippen LogP) is 2.72. The van der Waals surface area contributed by atoms with E-state index in [1.165, 1.54) is 0 Å². The van der Waals surface area contributed by atoms with Gasteiger partial charge in [0.15, 0.2) is 5.78 Å². The van der Waals surface area contributed by atoms with Crippen molar-refractivity contribution in [3.63, 3.8) is 0 Å². The summed E-state index contributed by atoms with van der Waals surface area (Å²) in [5.74, 6) is 6.92. The Hall–Kier alpha value is -2.05. The summed E-state index contributed by atoms with van der Waals surface area (Å²) in [5, 5.41) is 9.40. The minimum atomic E-state index is -0.235. The third-order valence-electron chi connectivity index (χ3n) is 3.60. The summed E-state index contributed by atoms with van der Waals surface area (Å²) in [6.07, 6.45) is 1.19. The molecule has 3 nitrogen and oxygen atoms in total. The van der Waals surface area contributed by atoms with Gasteiger partial charge in [0.2, 0.25) is 0 Å². The Labute approximate surface area is 125 Å². The lowest BCUT2D eigenvalue weighted by molar-refractivity contribution is -0.118. The number of carbonyl (C=O) groups is 1. The second kappa shape index (κ2) is 6.15. The first-order valence-corrected chi connectivity index (χ1v) is 6.97. The molecule has 0 saturated heterocycles. The highest BCUT2D eigenvalue weighted by Crippen LogP contribution is 2.36. The van der Waals surface area contributed by atoms with E-state index in [9.17, 15) is 9.90 Å². The Kier molecular flexibility index (Phi) is 4.50. The lowest BCUT2D eigenvalue weighted by Gasteiger charge is -2.29. The number of methoxy groups -OCH3 is 1. The number of carbonyl (C=O) groups excluding carboxylic acids is 1. The molecule has 0 unspecified atom stereocenters. The van der Waals surface area contributed by atoms with Crippen LogP contribution in [0, 0.1) is 17.3 Å². The first-order valence-electron chi connectivity index (χ1n) is 6.97. The maximum atomic E-state index is 12.0. The highest BCUT2D eigenvalue weighted by Gasteiger charge is 2.31. The van der Waals surface area contributed by atoms with Crippen LogP contribution in [0.4, 0.5) is 0 Å². The van der Waals surface area contributed by atoms with Crippen LogP contribution in [0.25, 0.3) is 0 Å². The van der Waals surface area contributed by atoms with Crippen molar-refractivity contribution in [1.82, 2.24) is 0 Å². The van der Waals surface area contributed by atoms with Crippen molar-refractivity contribution in [3.05, 3.63) is 41.0 Å². The quantitative estimate of drug-likeness (QED) is 0.849. The van der Waals surface area contributed by atoms with E-state index in [1.54, 1.807) is 7.11 Å². The third-order valence-corrected chi connectivity index (χ3v) is 3.60. The van der Waals surface area contributed by atoms with Gasteiger partial charge in [0.25, 0.3) is 0 Å². The number of aliphatic hydroxyl groups is 1. The lowest BCUT2D eigenvalue weighted by atomic mass is 9.74. The smallest absolute Gasteiger partial charge is 0.162 e. The van der Waals surface area contributed by atoms with E-state index < -0.39 is 0 Å². The topological polar surface area (TPSA) is 46.5 Å². The van der Waals surface area contributed by atoms with E-state index in [0.29, 0.717) is 12.0 Å². The van der Waals surface area contributed by atoms with Crippen LogP contribution in [-0.4, -0.2) is 24.6 Å². The highest BCUT2D eigenvalue weighted by molar-refractivity contribution is 5.98. The molecule has 0 saturated carbocycles. The van der Waals surface area contributed by atoms with E-state index >= 15 is 0 Å². The SMILES string of the molecule is COc1ccc(C#CC2=C(CO)C(=O)CC(C)(C)C2)cc1. The van der Waals surface area contributed by atoms with Crippen molar-refractivity contribution in [2.75, 3.05) is 13.7 Å². The third kappa shape index (κ3) is 3.74. The number of hydrogen-bond donors (Lipinski definition) is 1. The maximum Gasteiger partial charge on any atom is 0.162 e. The molecule has 1 N–H and O–H groups in total. The summed E-state index contributed by atoms with van der Waals surface area (Å²) in [6, 6.07) is 7.45. The Morgan fingerprint density at radius 1 is 1.19 bits per heavy atom. The molecule has 0 aromatic heterocycles.